The molecule has 2 aliphatic heterocycles. The largest absolute Gasteiger partial charge is 0.375 e. The van der Waals surface area contributed by atoms with Gasteiger partial charge in [-0.15, -0.1) is 11.3 Å². The van der Waals surface area contributed by atoms with Gasteiger partial charge in [0.05, 0.1) is 24.3 Å². The minimum Gasteiger partial charge on any atom is -0.375 e. The first-order chi connectivity index (χ1) is 14.8. The highest BCUT2D eigenvalue weighted by atomic mass is 32.1. The molecule has 2 N–H and O–H groups in total. The Balaban J connectivity index is 1.40. The Hall–Kier alpha value is -2.67. The third-order valence-electron chi connectivity index (χ3n) is 5.53. The number of nitrogens with zero attached hydrogens (tertiary/aromatic N) is 2. The molecule has 2 aliphatic rings. The highest BCUT2D eigenvalue weighted by molar-refractivity contribution is 7.16. The molecule has 0 saturated carbocycles. The zero-order valence-electron chi connectivity index (χ0n) is 17.1. The molecule has 0 aliphatic carbocycles. The normalized spacial score (nSPS) is 18.1. The van der Waals surface area contributed by atoms with Crippen molar-refractivity contribution in [1.29, 1.82) is 0 Å². The van der Waals surface area contributed by atoms with Crippen molar-refractivity contribution in [2.75, 3.05) is 31.6 Å². The molecule has 154 valence electrons. The van der Waals surface area contributed by atoms with Crippen LogP contribution in [0.1, 0.15) is 16.0 Å². The average Bonchev–Trinajstić information content (AvgIpc) is 3.07. The second-order valence-corrected chi connectivity index (χ2v) is 9.03. The average molecular weight is 419 g/mol. The van der Waals surface area contributed by atoms with Gasteiger partial charge in [-0.3, -0.25) is 4.98 Å². The molecule has 4 heterocycles. The highest BCUT2D eigenvalue weighted by Crippen LogP contribution is 2.34. The quantitative estimate of drug-likeness (QED) is 0.666. The number of benzene rings is 1. The van der Waals surface area contributed by atoms with Gasteiger partial charge in [-0.25, -0.2) is 0 Å². The monoisotopic (exact) mass is 418 g/mol. The van der Waals surface area contributed by atoms with Gasteiger partial charge in [0.15, 0.2) is 0 Å². The molecule has 5 rings (SSSR count). The number of anilines is 1. The summed E-state index contributed by atoms with van der Waals surface area (Å²) < 4.78 is 6.03. The lowest BCUT2D eigenvalue weighted by molar-refractivity contribution is 0.0825. The van der Waals surface area contributed by atoms with Crippen molar-refractivity contribution < 1.29 is 4.74 Å². The lowest BCUT2D eigenvalue weighted by atomic mass is 10.1. The molecule has 2 aromatic heterocycles. The smallest absolute Gasteiger partial charge is 0.102 e. The van der Waals surface area contributed by atoms with E-state index in [0.29, 0.717) is 13.2 Å². The maximum atomic E-state index is 6.03. The topological polar surface area (TPSA) is 49.4 Å². The van der Waals surface area contributed by atoms with Crippen LogP contribution >= 0.6 is 11.3 Å². The summed E-state index contributed by atoms with van der Waals surface area (Å²) in [5.74, 6) is 0. The number of piperazine rings is 1. The summed E-state index contributed by atoms with van der Waals surface area (Å²) in [4.78, 5) is 8.55. The van der Waals surface area contributed by atoms with Crippen LogP contribution in [-0.2, 0) is 11.3 Å². The summed E-state index contributed by atoms with van der Waals surface area (Å²) in [6, 6.07) is 17.0. The van der Waals surface area contributed by atoms with Crippen molar-refractivity contribution in [3.63, 3.8) is 0 Å². The van der Waals surface area contributed by atoms with Crippen LogP contribution in [0.15, 0.2) is 54.7 Å². The SMILES string of the molecule is Cc1cc2c(s1)NC=c1cccnc1=C2N1CCNC(COCc2ccccc2)C1. The van der Waals surface area contributed by atoms with E-state index in [9.17, 15) is 0 Å². The number of ether oxygens (including phenoxy) is 1. The summed E-state index contributed by atoms with van der Waals surface area (Å²) in [6.07, 6.45) is 3.96. The van der Waals surface area contributed by atoms with E-state index >= 15 is 0 Å². The van der Waals surface area contributed by atoms with Gasteiger partial charge >= 0.3 is 0 Å². The number of thiophene rings is 1. The molecular weight excluding hydrogens is 392 g/mol. The first-order valence-corrected chi connectivity index (χ1v) is 11.2. The molecule has 1 atom stereocenters. The van der Waals surface area contributed by atoms with Crippen molar-refractivity contribution in [2.24, 2.45) is 0 Å². The van der Waals surface area contributed by atoms with E-state index in [1.807, 2.05) is 18.3 Å². The molecule has 0 spiro atoms. The Morgan fingerprint density at radius 2 is 2.10 bits per heavy atom. The van der Waals surface area contributed by atoms with Crippen molar-refractivity contribution in [1.82, 2.24) is 15.2 Å². The number of aromatic nitrogens is 1. The zero-order valence-corrected chi connectivity index (χ0v) is 17.9. The summed E-state index contributed by atoms with van der Waals surface area (Å²) >= 11 is 1.80. The van der Waals surface area contributed by atoms with Crippen LogP contribution in [0.3, 0.4) is 0 Å². The van der Waals surface area contributed by atoms with Crippen molar-refractivity contribution in [3.8, 4) is 0 Å². The van der Waals surface area contributed by atoms with Gasteiger partial charge < -0.3 is 20.3 Å². The summed E-state index contributed by atoms with van der Waals surface area (Å²) in [5, 5.41) is 10.5. The number of hydrogen-bond donors (Lipinski definition) is 2. The molecule has 1 saturated heterocycles. The fourth-order valence-electron chi connectivity index (χ4n) is 4.15. The van der Waals surface area contributed by atoms with Gasteiger partial charge in [0.1, 0.15) is 5.00 Å². The molecule has 30 heavy (non-hydrogen) atoms. The molecule has 1 aromatic carbocycles. The Kier molecular flexibility index (Phi) is 5.53. The maximum absolute atomic E-state index is 6.03. The fourth-order valence-corrected chi connectivity index (χ4v) is 5.04. The van der Waals surface area contributed by atoms with Gasteiger partial charge in [0.2, 0.25) is 0 Å². The van der Waals surface area contributed by atoms with E-state index in [0.717, 1.165) is 30.2 Å². The highest BCUT2D eigenvalue weighted by Gasteiger charge is 2.26. The molecule has 3 aromatic rings. The minimum atomic E-state index is 0.283. The van der Waals surface area contributed by atoms with Crippen LogP contribution in [-0.4, -0.2) is 42.2 Å². The predicted octanol–water partition coefficient (Wildman–Crippen LogP) is 2.26. The van der Waals surface area contributed by atoms with Crippen molar-refractivity contribution in [2.45, 2.75) is 19.6 Å². The van der Waals surface area contributed by atoms with E-state index < -0.39 is 0 Å². The molecule has 0 bridgehead atoms. The first kappa shape index (κ1) is 19.3. The van der Waals surface area contributed by atoms with Gasteiger partial charge in [-0.2, -0.15) is 0 Å². The van der Waals surface area contributed by atoms with E-state index in [1.54, 1.807) is 11.3 Å². The lowest BCUT2D eigenvalue weighted by Crippen LogP contribution is -2.53. The Bertz CT molecular complexity index is 1140. The molecule has 6 heteroatoms. The van der Waals surface area contributed by atoms with Crippen molar-refractivity contribution in [3.05, 3.63) is 81.3 Å². The van der Waals surface area contributed by atoms with E-state index in [-0.39, 0.29) is 6.04 Å². The number of rotatable bonds is 5. The molecular formula is C24H26N4OS. The van der Waals surface area contributed by atoms with Gasteiger partial charge in [0, 0.05) is 53.7 Å². The number of nitrogens with one attached hydrogen (secondary N) is 2. The summed E-state index contributed by atoms with van der Waals surface area (Å²) in [5.41, 5.74) is 3.68. The first-order valence-electron chi connectivity index (χ1n) is 10.4. The van der Waals surface area contributed by atoms with Gasteiger partial charge in [-0.05, 0) is 30.7 Å². The molecule has 5 nitrogen and oxygen atoms in total. The molecule has 1 unspecified atom stereocenters. The van der Waals surface area contributed by atoms with Gasteiger partial charge in [0.25, 0.3) is 0 Å². The minimum absolute atomic E-state index is 0.283. The van der Waals surface area contributed by atoms with Gasteiger partial charge in [-0.1, -0.05) is 30.3 Å². The van der Waals surface area contributed by atoms with Crippen molar-refractivity contribution >= 4 is 28.2 Å². The molecule has 1 fully saturated rings. The fraction of sp³-hybridized carbons (Fsp3) is 0.292. The maximum Gasteiger partial charge on any atom is 0.102 e. The molecule has 0 amide bonds. The molecule has 0 radical (unpaired) electrons. The van der Waals surface area contributed by atoms with E-state index in [4.69, 9.17) is 9.72 Å². The Morgan fingerprint density at radius 3 is 3.00 bits per heavy atom. The Morgan fingerprint density at radius 1 is 1.20 bits per heavy atom. The second kappa shape index (κ2) is 8.60. The standard InChI is InChI=1S/C24H26N4OS/c1-17-12-21-23(22-19(8-5-9-26-22)13-27-24(21)30-17)28-11-10-25-20(14-28)16-29-15-18-6-3-2-4-7-18/h2-9,12-13,20,25,27H,10-11,14-16H2,1H3. The van der Waals surface area contributed by atoms with Crippen LogP contribution in [0, 0.1) is 6.92 Å². The summed E-state index contributed by atoms with van der Waals surface area (Å²) in [6.45, 7) is 6.28. The van der Waals surface area contributed by atoms with Crippen LogP contribution in [0.5, 0.6) is 0 Å². The Labute approximate surface area is 180 Å². The number of hydrogen-bond acceptors (Lipinski definition) is 6. The number of aryl methyl sites for hydroxylation is 1. The third-order valence-corrected chi connectivity index (χ3v) is 6.52. The van der Waals surface area contributed by atoms with Crippen LogP contribution in [0.2, 0.25) is 0 Å². The third kappa shape index (κ3) is 3.99. The zero-order chi connectivity index (χ0) is 20.3. The van der Waals surface area contributed by atoms with E-state index in [1.165, 1.54) is 26.7 Å². The summed E-state index contributed by atoms with van der Waals surface area (Å²) in [7, 11) is 0. The second-order valence-electron chi connectivity index (χ2n) is 7.78. The predicted molar refractivity (Wildman–Crippen MR) is 123 cm³/mol. The van der Waals surface area contributed by atoms with Crippen LogP contribution < -0.4 is 21.2 Å². The van der Waals surface area contributed by atoms with E-state index in [2.05, 4.69) is 65.1 Å². The number of pyridine rings is 1. The van der Waals surface area contributed by atoms with Crippen LogP contribution in [0.4, 0.5) is 5.00 Å². The number of fused-ring (bicyclic) bond motifs is 2. The van der Waals surface area contributed by atoms with Crippen LogP contribution in [0.25, 0.3) is 11.9 Å². The lowest BCUT2D eigenvalue weighted by Gasteiger charge is -2.36.